The maximum absolute atomic E-state index is 12.8. The van der Waals surface area contributed by atoms with E-state index in [-0.39, 0.29) is 19.2 Å². The van der Waals surface area contributed by atoms with Crippen molar-refractivity contribution in [2.75, 3.05) is 13.2 Å². The lowest BCUT2D eigenvalue weighted by atomic mass is 9.75. The first kappa shape index (κ1) is 19.3. The van der Waals surface area contributed by atoms with Crippen molar-refractivity contribution in [3.63, 3.8) is 0 Å². The van der Waals surface area contributed by atoms with Crippen LogP contribution in [0, 0.1) is 5.92 Å². The molecule has 0 saturated carbocycles. The predicted molar refractivity (Wildman–Crippen MR) is 107 cm³/mol. The van der Waals surface area contributed by atoms with Crippen LogP contribution in [0.25, 0.3) is 10.1 Å². The molecule has 1 aliphatic rings. The van der Waals surface area contributed by atoms with Crippen molar-refractivity contribution in [2.45, 2.75) is 33.6 Å². The van der Waals surface area contributed by atoms with E-state index in [1.807, 2.05) is 36.6 Å². The van der Waals surface area contributed by atoms with Gasteiger partial charge in [-0.05, 0) is 50.1 Å². The fourth-order valence-corrected chi connectivity index (χ4v) is 4.62. The standard InChI is InChI=1S/C21H23NO4S/c1-5-25-20(23)17-12(3)22-13(4)18(21(24)26-6-2)19(17)15-11-27-16-10-8-7-9-14(15)16/h7-11,17,19H,5-6H2,1-4H3. The molecule has 3 rings (SSSR count). The lowest BCUT2D eigenvalue weighted by Gasteiger charge is -2.31. The molecule has 5 nitrogen and oxygen atoms in total. The number of nitrogens with zero attached hydrogens (tertiary/aromatic N) is 1. The SMILES string of the molecule is CCOC(=O)C1=C(C)N=C(C)C(C(=O)OCC)C1c1csc2ccccc12. The summed E-state index contributed by atoms with van der Waals surface area (Å²) in [5.74, 6) is -1.92. The summed E-state index contributed by atoms with van der Waals surface area (Å²) in [5.41, 5.74) is 2.61. The maximum atomic E-state index is 12.8. The van der Waals surface area contributed by atoms with Crippen LogP contribution in [-0.4, -0.2) is 30.9 Å². The summed E-state index contributed by atoms with van der Waals surface area (Å²) >= 11 is 1.60. The van der Waals surface area contributed by atoms with E-state index < -0.39 is 17.8 Å². The molecule has 0 N–H and O–H groups in total. The van der Waals surface area contributed by atoms with Gasteiger partial charge in [-0.15, -0.1) is 11.3 Å². The monoisotopic (exact) mass is 385 g/mol. The number of thiophene rings is 1. The molecule has 1 aromatic carbocycles. The first-order chi connectivity index (χ1) is 13.0. The van der Waals surface area contributed by atoms with E-state index in [1.54, 1.807) is 32.1 Å². The molecular weight excluding hydrogens is 362 g/mol. The summed E-state index contributed by atoms with van der Waals surface area (Å²) in [6, 6.07) is 7.99. The second kappa shape index (κ2) is 8.05. The number of hydrogen-bond acceptors (Lipinski definition) is 6. The smallest absolute Gasteiger partial charge is 0.336 e. The van der Waals surface area contributed by atoms with Crippen molar-refractivity contribution >= 4 is 39.1 Å². The largest absolute Gasteiger partial charge is 0.465 e. The van der Waals surface area contributed by atoms with Crippen LogP contribution in [0.4, 0.5) is 0 Å². The Morgan fingerprint density at radius 3 is 2.52 bits per heavy atom. The van der Waals surface area contributed by atoms with Gasteiger partial charge in [-0.3, -0.25) is 9.79 Å². The number of aliphatic imine (C=N–C) groups is 1. The van der Waals surface area contributed by atoms with E-state index in [9.17, 15) is 9.59 Å². The van der Waals surface area contributed by atoms with Gasteiger partial charge in [0.1, 0.15) is 5.92 Å². The van der Waals surface area contributed by atoms with Gasteiger partial charge in [0.15, 0.2) is 0 Å². The molecule has 27 heavy (non-hydrogen) atoms. The Bertz CT molecular complexity index is 941. The molecule has 2 heterocycles. The van der Waals surface area contributed by atoms with Crippen molar-refractivity contribution < 1.29 is 19.1 Å². The van der Waals surface area contributed by atoms with Gasteiger partial charge in [0, 0.05) is 22.0 Å². The van der Waals surface area contributed by atoms with Crippen LogP contribution >= 0.6 is 11.3 Å². The zero-order valence-corrected chi connectivity index (χ0v) is 16.8. The highest BCUT2D eigenvalue weighted by molar-refractivity contribution is 7.17. The van der Waals surface area contributed by atoms with Crippen LogP contribution in [0.3, 0.4) is 0 Å². The molecule has 0 saturated heterocycles. The van der Waals surface area contributed by atoms with Crippen molar-refractivity contribution in [3.05, 3.63) is 46.5 Å². The molecule has 0 spiro atoms. The molecule has 0 fully saturated rings. The van der Waals surface area contributed by atoms with Crippen molar-refractivity contribution in [2.24, 2.45) is 10.9 Å². The first-order valence-electron chi connectivity index (χ1n) is 9.05. The molecule has 2 unspecified atom stereocenters. The summed E-state index contributed by atoms with van der Waals surface area (Å²) in [4.78, 5) is 30.1. The van der Waals surface area contributed by atoms with Gasteiger partial charge >= 0.3 is 11.9 Å². The molecule has 0 amide bonds. The molecule has 1 aromatic heterocycles. The van der Waals surface area contributed by atoms with Gasteiger partial charge in [0.2, 0.25) is 0 Å². The van der Waals surface area contributed by atoms with Gasteiger partial charge in [-0.25, -0.2) is 4.79 Å². The molecule has 2 atom stereocenters. The highest BCUT2D eigenvalue weighted by Gasteiger charge is 2.43. The zero-order valence-electron chi connectivity index (χ0n) is 15.9. The average molecular weight is 385 g/mol. The molecule has 1 aliphatic heterocycles. The highest BCUT2D eigenvalue weighted by Crippen LogP contribution is 2.44. The number of esters is 2. The van der Waals surface area contributed by atoms with Gasteiger partial charge in [0.25, 0.3) is 0 Å². The molecular formula is C21H23NO4S. The first-order valence-corrected chi connectivity index (χ1v) is 9.93. The molecule has 0 bridgehead atoms. The Kier molecular flexibility index (Phi) is 5.75. The van der Waals surface area contributed by atoms with Gasteiger partial charge in [-0.1, -0.05) is 18.2 Å². The Morgan fingerprint density at radius 2 is 1.81 bits per heavy atom. The number of carbonyl (C=O) groups is 2. The van der Waals surface area contributed by atoms with Crippen LogP contribution in [-0.2, 0) is 19.1 Å². The average Bonchev–Trinajstić information content (AvgIpc) is 3.05. The van der Waals surface area contributed by atoms with Gasteiger partial charge < -0.3 is 9.47 Å². The lowest BCUT2D eigenvalue weighted by Crippen LogP contribution is -2.36. The fraction of sp³-hybridized carbons (Fsp3) is 0.381. The van der Waals surface area contributed by atoms with E-state index >= 15 is 0 Å². The number of fused-ring (bicyclic) bond motifs is 1. The number of carbonyl (C=O) groups excluding carboxylic acids is 2. The third kappa shape index (κ3) is 3.54. The Morgan fingerprint density at radius 1 is 1.11 bits per heavy atom. The molecule has 0 aliphatic carbocycles. The number of benzene rings is 1. The van der Waals surface area contributed by atoms with Crippen molar-refractivity contribution in [3.8, 4) is 0 Å². The Balaban J connectivity index is 2.22. The maximum Gasteiger partial charge on any atom is 0.336 e. The van der Waals surface area contributed by atoms with E-state index in [0.29, 0.717) is 17.0 Å². The summed E-state index contributed by atoms with van der Waals surface area (Å²) in [6.07, 6.45) is 0. The number of ether oxygens (including phenoxy) is 2. The van der Waals surface area contributed by atoms with E-state index in [4.69, 9.17) is 9.47 Å². The van der Waals surface area contributed by atoms with Crippen LogP contribution in [0.5, 0.6) is 0 Å². The third-order valence-electron chi connectivity index (χ3n) is 4.71. The fourth-order valence-electron chi connectivity index (χ4n) is 3.62. The minimum Gasteiger partial charge on any atom is -0.465 e. The Hall–Kier alpha value is -2.47. The summed E-state index contributed by atoms with van der Waals surface area (Å²) in [5, 5.41) is 3.05. The van der Waals surface area contributed by atoms with Crippen molar-refractivity contribution in [1.82, 2.24) is 0 Å². The highest BCUT2D eigenvalue weighted by atomic mass is 32.1. The van der Waals surface area contributed by atoms with E-state index in [2.05, 4.69) is 4.99 Å². The normalized spacial score (nSPS) is 19.8. The topological polar surface area (TPSA) is 65.0 Å². The third-order valence-corrected chi connectivity index (χ3v) is 5.69. The van der Waals surface area contributed by atoms with Crippen LogP contribution < -0.4 is 0 Å². The molecule has 0 radical (unpaired) electrons. The zero-order chi connectivity index (χ0) is 19.6. The molecule has 6 heteroatoms. The summed E-state index contributed by atoms with van der Waals surface area (Å²) in [6.45, 7) is 7.68. The number of rotatable bonds is 5. The van der Waals surface area contributed by atoms with Gasteiger partial charge in [0.05, 0.1) is 18.8 Å². The van der Waals surface area contributed by atoms with Crippen LogP contribution in [0.15, 0.2) is 45.9 Å². The van der Waals surface area contributed by atoms with E-state index in [1.165, 1.54) is 0 Å². The summed E-state index contributed by atoms with van der Waals surface area (Å²) in [7, 11) is 0. The number of hydrogen-bond donors (Lipinski definition) is 0. The quantitative estimate of drug-likeness (QED) is 0.712. The van der Waals surface area contributed by atoms with Crippen LogP contribution in [0.2, 0.25) is 0 Å². The summed E-state index contributed by atoms with van der Waals surface area (Å²) < 4.78 is 11.7. The van der Waals surface area contributed by atoms with Gasteiger partial charge in [-0.2, -0.15) is 0 Å². The predicted octanol–water partition coefficient (Wildman–Crippen LogP) is 4.48. The van der Waals surface area contributed by atoms with Crippen LogP contribution in [0.1, 0.15) is 39.2 Å². The minimum absolute atomic E-state index is 0.263. The molecule has 142 valence electrons. The van der Waals surface area contributed by atoms with Crippen molar-refractivity contribution in [1.29, 1.82) is 0 Å². The lowest BCUT2D eigenvalue weighted by molar-refractivity contribution is -0.146. The Labute approximate surface area is 162 Å². The second-order valence-electron chi connectivity index (χ2n) is 6.37. The second-order valence-corrected chi connectivity index (χ2v) is 7.28. The number of allylic oxidation sites excluding steroid dienone is 1. The van der Waals surface area contributed by atoms with E-state index in [0.717, 1.165) is 15.6 Å². The minimum atomic E-state index is -0.647. The molecule has 2 aromatic rings.